The highest BCUT2D eigenvalue weighted by Crippen LogP contribution is 2.23. The second-order valence-electron chi connectivity index (χ2n) is 5.38. The lowest BCUT2D eigenvalue weighted by Gasteiger charge is -2.25. The number of alkyl halides is 2. The number of carbonyl (C=O) groups excluding carboxylic acids is 1. The van der Waals surface area contributed by atoms with E-state index in [9.17, 15) is 22.8 Å². The zero-order valence-electron chi connectivity index (χ0n) is 12.5. The molecule has 0 bridgehead atoms. The van der Waals surface area contributed by atoms with Gasteiger partial charge in [-0.15, -0.1) is 0 Å². The lowest BCUT2D eigenvalue weighted by atomic mass is 9.99. The van der Waals surface area contributed by atoms with Gasteiger partial charge in [0.05, 0.1) is 0 Å². The molecule has 128 valence electrons. The zero-order valence-corrected chi connectivity index (χ0v) is 12.5. The SMILES string of the molecule is CC(C)(CCC(=O)O)NC(=O)Nc1ccc(OC(F)F)c(F)c1. The summed E-state index contributed by atoms with van der Waals surface area (Å²) in [6.45, 7) is 0.118. The predicted octanol–water partition coefficient (Wildman–Crippen LogP) is 3.19. The molecule has 0 saturated heterocycles. The van der Waals surface area contributed by atoms with E-state index in [2.05, 4.69) is 15.4 Å². The number of amides is 2. The molecule has 0 aliphatic heterocycles. The van der Waals surface area contributed by atoms with Crippen molar-refractivity contribution in [1.82, 2.24) is 5.32 Å². The summed E-state index contributed by atoms with van der Waals surface area (Å²) in [5.41, 5.74) is -0.754. The minimum Gasteiger partial charge on any atom is -0.481 e. The first kappa shape index (κ1) is 18.6. The molecule has 0 radical (unpaired) electrons. The fourth-order valence-corrected chi connectivity index (χ4v) is 1.72. The molecule has 9 heteroatoms. The maximum Gasteiger partial charge on any atom is 0.387 e. The molecule has 1 rings (SSSR count). The third kappa shape index (κ3) is 6.90. The maximum absolute atomic E-state index is 13.5. The van der Waals surface area contributed by atoms with Crippen LogP contribution < -0.4 is 15.4 Å². The topological polar surface area (TPSA) is 87.7 Å². The van der Waals surface area contributed by atoms with E-state index in [1.807, 2.05) is 0 Å². The third-order valence-corrected chi connectivity index (χ3v) is 2.82. The van der Waals surface area contributed by atoms with Gasteiger partial charge in [0.25, 0.3) is 0 Å². The van der Waals surface area contributed by atoms with Crippen LogP contribution in [0.1, 0.15) is 26.7 Å². The van der Waals surface area contributed by atoms with E-state index in [0.717, 1.165) is 12.1 Å². The number of nitrogens with one attached hydrogen (secondary N) is 2. The largest absolute Gasteiger partial charge is 0.481 e. The Labute approximate surface area is 130 Å². The first-order chi connectivity index (χ1) is 10.6. The van der Waals surface area contributed by atoms with Gasteiger partial charge in [0.2, 0.25) is 0 Å². The van der Waals surface area contributed by atoms with E-state index in [1.54, 1.807) is 13.8 Å². The number of anilines is 1. The van der Waals surface area contributed by atoms with Gasteiger partial charge in [0.15, 0.2) is 11.6 Å². The minimum atomic E-state index is -3.15. The van der Waals surface area contributed by atoms with Gasteiger partial charge in [0, 0.05) is 23.7 Å². The van der Waals surface area contributed by atoms with Crippen LogP contribution in [0.5, 0.6) is 5.75 Å². The Bertz CT molecular complexity index is 579. The van der Waals surface area contributed by atoms with Gasteiger partial charge in [0.1, 0.15) is 0 Å². The standard InChI is InChI=1S/C14H17F3N2O4/c1-14(2,6-5-11(20)21)19-13(22)18-8-3-4-10(9(15)7-8)23-12(16)17/h3-4,7,12H,5-6H2,1-2H3,(H,20,21)(H2,18,19,22). The van der Waals surface area contributed by atoms with Crippen molar-refractivity contribution in [2.75, 3.05) is 5.32 Å². The van der Waals surface area contributed by atoms with Gasteiger partial charge in [-0.05, 0) is 32.4 Å². The van der Waals surface area contributed by atoms with Crippen LogP contribution in [0.15, 0.2) is 18.2 Å². The molecule has 0 unspecified atom stereocenters. The van der Waals surface area contributed by atoms with Gasteiger partial charge < -0.3 is 20.5 Å². The van der Waals surface area contributed by atoms with E-state index in [1.165, 1.54) is 6.07 Å². The molecule has 3 N–H and O–H groups in total. The molecule has 0 aliphatic carbocycles. The van der Waals surface area contributed by atoms with E-state index in [4.69, 9.17) is 5.11 Å². The fourth-order valence-electron chi connectivity index (χ4n) is 1.72. The molecule has 0 spiro atoms. The van der Waals surface area contributed by atoms with Crippen molar-refractivity contribution < 1.29 is 32.6 Å². The summed E-state index contributed by atoms with van der Waals surface area (Å²) in [7, 11) is 0. The van der Waals surface area contributed by atoms with Gasteiger partial charge in [-0.2, -0.15) is 8.78 Å². The number of urea groups is 1. The highest BCUT2D eigenvalue weighted by molar-refractivity contribution is 5.89. The summed E-state index contributed by atoms with van der Waals surface area (Å²) in [5, 5.41) is 13.5. The van der Waals surface area contributed by atoms with Crippen molar-refractivity contribution in [2.24, 2.45) is 0 Å². The summed E-state index contributed by atoms with van der Waals surface area (Å²) < 4.78 is 41.5. The second-order valence-corrected chi connectivity index (χ2v) is 5.38. The number of halogens is 3. The summed E-state index contributed by atoms with van der Waals surface area (Å²) in [4.78, 5) is 22.3. The fraction of sp³-hybridized carbons (Fsp3) is 0.429. The Hall–Kier alpha value is -2.45. The van der Waals surface area contributed by atoms with E-state index < -0.39 is 35.7 Å². The molecule has 23 heavy (non-hydrogen) atoms. The highest BCUT2D eigenvalue weighted by atomic mass is 19.3. The lowest BCUT2D eigenvalue weighted by molar-refractivity contribution is -0.137. The number of hydrogen-bond donors (Lipinski definition) is 3. The summed E-state index contributed by atoms with van der Waals surface area (Å²) in [6, 6.07) is 2.32. The van der Waals surface area contributed by atoms with Crippen molar-refractivity contribution in [3.05, 3.63) is 24.0 Å². The number of rotatable bonds is 7. The minimum absolute atomic E-state index is 0.0376. The molecule has 0 aliphatic rings. The molecule has 0 saturated carbocycles. The normalized spacial score (nSPS) is 11.2. The number of carboxylic acid groups (broad SMARTS) is 1. The molecular weight excluding hydrogens is 317 g/mol. The third-order valence-electron chi connectivity index (χ3n) is 2.82. The Morgan fingerprint density at radius 2 is 2.00 bits per heavy atom. The molecule has 2 amide bonds. The number of ether oxygens (including phenoxy) is 1. The number of carbonyl (C=O) groups is 2. The lowest BCUT2D eigenvalue weighted by Crippen LogP contribution is -2.45. The number of hydrogen-bond acceptors (Lipinski definition) is 3. The highest BCUT2D eigenvalue weighted by Gasteiger charge is 2.21. The van der Waals surface area contributed by atoms with Gasteiger partial charge in [-0.3, -0.25) is 4.79 Å². The molecule has 6 nitrogen and oxygen atoms in total. The summed E-state index contributed by atoms with van der Waals surface area (Å²) >= 11 is 0. The van der Waals surface area contributed by atoms with Crippen molar-refractivity contribution >= 4 is 17.7 Å². The van der Waals surface area contributed by atoms with E-state index in [-0.39, 0.29) is 18.5 Å². The molecule has 1 aromatic carbocycles. The first-order valence-electron chi connectivity index (χ1n) is 6.64. The van der Waals surface area contributed by atoms with Crippen LogP contribution >= 0.6 is 0 Å². The van der Waals surface area contributed by atoms with Crippen LogP contribution in [0, 0.1) is 5.82 Å². The Kier molecular flexibility index (Phi) is 6.23. The number of aliphatic carboxylic acids is 1. The Morgan fingerprint density at radius 1 is 1.35 bits per heavy atom. The van der Waals surface area contributed by atoms with Crippen LogP contribution in [0.4, 0.5) is 23.7 Å². The maximum atomic E-state index is 13.5. The van der Waals surface area contributed by atoms with E-state index >= 15 is 0 Å². The van der Waals surface area contributed by atoms with Crippen LogP contribution in [0.2, 0.25) is 0 Å². The number of carboxylic acids is 1. The first-order valence-corrected chi connectivity index (χ1v) is 6.64. The average Bonchev–Trinajstić information content (AvgIpc) is 2.38. The molecular formula is C14H17F3N2O4. The smallest absolute Gasteiger partial charge is 0.387 e. The van der Waals surface area contributed by atoms with Gasteiger partial charge in [-0.25, -0.2) is 9.18 Å². The monoisotopic (exact) mass is 334 g/mol. The van der Waals surface area contributed by atoms with Crippen molar-refractivity contribution in [3.63, 3.8) is 0 Å². The van der Waals surface area contributed by atoms with Gasteiger partial charge >= 0.3 is 18.6 Å². The second kappa shape index (κ2) is 7.70. The van der Waals surface area contributed by atoms with E-state index in [0.29, 0.717) is 0 Å². The summed E-state index contributed by atoms with van der Waals surface area (Å²) in [5.74, 6) is -2.67. The molecule has 0 atom stereocenters. The molecule has 1 aromatic rings. The molecule has 0 fully saturated rings. The zero-order chi connectivity index (χ0) is 17.6. The predicted molar refractivity (Wildman–Crippen MR) is 76.1 cm³/mol. The van der Waals surface area contributed by atoms with Crippen molar-refractivity contribution in [1.29, 1.82) is 0 Å². The van der Waals surface area contributed by atoms with Crippen LogP contribution in [-0.4, -0.2) is 29.3 Å². The van der Waals surface area contributed by atoms with Crippen LogP contribution in [0.3, 0.4) is 0 Å². The van der Waals surface area contributed by atoms with Crippen molar-refractivity contribution in [3.8, 4) is 5.75 Å². The number of benzene rings is 1. The Morgan fingerprint density at radius 3 is 2.52 bits per heavy atom. The molecule has 0 heterocycles. The summed E-state index contributed by atoms with van der Waals surface area (Å²) in [6.07, 6.45) is 0.0762. The van der Waals surface area contributed by atoms with Gasteiger partial charge in [-0.1, -0.05) is 0 Å². The van der Waals surface area contributed by atoms with Crippen LogP contribution in [-0.2, 0) is 4.79 Å². The molecule has 0 aromatic heterocycles. The average molecular weight is 334 g/mol. The van der Waals surface area contributed by atoms with Crippen LogP contribution in [0.25, 0.3) is 0 Å². The Balaban J connectivity index is 2.63. The quantitative estimate of drug-likeness (QED) is 0.714. The van der Waals surface area contributed by atoms with Crippen molar-refractivity contribution in [2.45, 2.75) is 38.8 Å².